The van der Waals surface area contributed by atoms with E-state index in [1.165, 1.54) is 13.4 Å². The number of nitrogens with zero attached hydrogens (tertiary/aromatic N) is 4. The van der Waals surface area contributed by atoms with Crippen molar-refractivity contribution in [1.29, 1.82) is 0 Å². The quantitative estimate of drug-likeness (QED) is 0.528. The molecule has 10 nitrogen and oxygen atoms in total. The Morgan fingerprint density at radius 1 is 1.28 bits per heavy atom. The number of nitrogen functional groups attached to an aromatic ring is 1. The predicted octanol–water partition coefficient (Wildman–Crippen LogP) is 0.957. The van der Waals surface area contributed by atoms with E-state index in [1.807, 2.05) is 18.2 Å². The van der Waals surface area contributed by atoms with Gasteiger partial charge in [-0.05, 0) is 42.5 Å². The highest BCUT2D eigenvalue weighted by Crippen LogP contribution is 2.52. The van der Waals surface area contributed by atoms with E-state index in [4.69, 9.17) is 19.9 Å². The average molecular weight is 441 g/mol. The molecule has 1 fully saturated rings. The largest absolute Gasteiger partial charge is 0.497 e. The summed E-state index contributed by atoms with van der Waals surface area (Å²) in [6, 6.07) is 6.00. The Labute approximate surface area is 185 Å². The number of anilines is 1. The van der Waals surface area contributed by atoms with Gasteiger partial charge in [0.2, 0.25) is 0 Å². The second kappa shape index (κ2) is 7.96. The molecule has 5 rings (SSSR count). The molecule has 1 unspecified atom stereocenters. The summed E-state index contributed by atoms with van der Waals surface area (Å²) in [5.41, 5.74) is 7.99. The lowest BCUT2D eigenvalue weighted by molar-refractivity contribution is -0.172. The van der Waals surface area contributed by atoms with Crippen LogP contribution in [0, 0.1) is 0 Å². The maximum Gasteiger partial charge on any atom is 0.183 e. The average Bonchev–Trinajstić information content (AvgIpc) is 3.38. The first kappa shape index (κ1) is 21.1. The van der Waals surface area contributed by atoms with Gasteiger partial charge in [0.1, 0.15) is 35.9 Å². The fourth-order valence-electron chi connectivity index (χ4n) is 5.37. The van der Waals surface area contributed by atoms with Crippen molar-refractivity contribution in [3.63, 3.8) is 0 Å². The second-order valence-electron chi connectivity index (χ2n) is 8.29. The molecule has 0 saturated carbocycles. The number of imidazole rings is 1. The van der Waals surface area contributed by atoms with Crippen molar-refractivity contribution in [1.82, 2.24) is 19.5 Å². The van der Waals surface area contributed by atoms with Crippen LogP contribution in [0.5, 0.6) is 5.75 Å². The molecule has 1 aliphatic heterocycles. The fraction of sp³-hybridized carbons (Fsp3) is 0.500. The summed E-state index contributed by atoms with van der Waals surface area (Å²) in [6.45, 7) is -0.352. The zero-order chi connectivity index (χ0) is 22.5. The van der Waals surface area contributed by atoms with Crippen molar-refractivity contribution in [3.05, 3.63) is 42.0 Å². The lowest BCUT2D eigenvalue weighted by atomic mass is 9.74. The topological polar surface area (TPSA) is 138 Å². The molecule has 0 radical (unpaired) electrons. The highest BCUT2D eigenvalue weighted by atomic mass is 16.6. The number of benzene rings is 1. The zero-order valence-corrected chi connectivity index (χ0v) is 18.0. The van der Waals surface area contributed by atoms with E-state index in [0.29, 0.717) is 11.2 Å². The molecule has 4 N–H and O–H groups in total. The number of methoxy groups -OCH3 is 2. The first-order valence-corrected chi connectivity index (χ1v) is 10.7. The van der Waals surface area contributed by atoms with Crippen molar-refractivity contribution in [2.24, 2.45) is 0 Å². The van der Waals surface area contributed by atoms with Crippen molar-refractivity contribution >= 4 is 17.0 Å². The molecule has 1 aromatic carbocycles. The minimum absolute atomic E-state index is 0.207. The predicted molar refractivity (Wildman–Crippen MR) is 115 cm³/mol. The van der Waals surface area contributed by atoms with Gasteiger partial charge in [0, 0.05) is 13.0 Å². The molecule has 170 valence electrons. The Kier molecular flexibility index (Phi) is 5.25. The van der Waals surface area contributed by atoms with Crippen LogP contribution in [0.1, 0.15) is 29.9 Å². The van der Waals surface area contributed by atoms with Crippen molar-refractivity contribution in [2.75, 3.05) is 26.6 Å². The number of rotatable bonds is 5. The molecule has 5 atom stereocenters. The van der Waals surface area contributed by atoms with Crippen LogP contribution in [0.4, 0.5) is 5.82 Å². The monoisotopic (exact) mass is 441 g/mol. The number of hydrogen-bond acceptors (Lipinski definition) is 9. The Balaban J connectivity index is 1.77. The third-order valence-electron chi connectivity index (χ3n) is 6.77. The van der Waals surface area contributed by atoms with Gasteiger partial charge in [-0.1, -0.05) is 6.07 Å². The molecule has 1 aliphatic carbocycles. The molecule has 2 aromatic heterocycles. The normalized spacial score (nSPS) is 29.9. The number of aliphatic hydroxyl groups excluding tert-OH is 2. The van der Waals surface area contributed by atoms with Crippen molar-refractivity contribution < 1.29 is 24.4 Å². The highest BCUT2D eigenvalue weighted by molar-refractivity contribution is 5.81. The zero-order valence-electron chi connectivity index (χ0n) is 18.0. The van der Waals surface area contributed by atoms with Gasteiger partial charge in [0.15, 0.2) is 17.2 Å². The Hall–Kier alpha value is -2.79. The van der Waals surface area contributed by atoms with E-state index < -0.39 is 24.0 Å². The molecule has 32 heavy (non-hydrogen) atoms. The molecular weight excluding hydrogens is 414 g/mol. The molecule has 2 aliphatic rings. The Morgan fingerprint density at radius 3 is 2.88 bits per heavy atom. The van der Waals surface area contributed by atoms with Gasteiger partial charge in [0.25, 0.3) is 0 Å². The van der Waals surface area contributed by atoms with Crippen LogP contribution in [0.15, 0.2) is 30.9 Å². The minimum Gasteiger partial charge on any atom is -0.497 e. The van der Waals surface area contributed by atoms with Crippen molar-refractivity contribution in [2.45, 2.75) is 49.2 Å². The van der Waals surface area contributed by atoms with E-state index in [0.717, 1.165) is 36.1 Å². The molecule has 0 bridgehead atoms. The lowest BCUT2D eigenvalue weighted by Gasteiger charge is -2.44. The Morgan fingerprint density at radius 2 is 2.12 bits per heavy atom. The maximum atomic E-state index is 11.0. The van der Waals surface area contributed by atoms with E-state index in [9.17, 15) is 10.2 Å². The summed E-state index contributed by atoms with van der Waals surface area (Å²) in [5.74, 6) is 0.835. The number of aryl methyl sites for hydroxylation is 1. The smallest absolute Gasteiger partial charge is 0.183 e. The maximum absolute atomic E-state index is 11.0. The lowest BCUT2D eigenvalue weighted by Crippen LogP contribution is -2.51. The molecule has 10 heteroatoms. The molecule has 0 amide bonds. The SMILES string of the molecule is COc1ccc2c(c1)CCCC2[C@@]1(n2cnc3c(N)ncnc32)O[C@H](CO)[C@@H](O)[C@H]1OC. The van der Waals surface area contributed by atoms with Crippen LogP contribution < -0.4 is 10.5 Å². The standard InChI is InChI=1S/C22H27N5O5/c1-30-13-6-7-14-12(8-13)4-3-5-15(14)22(19(31-2)18(29)16(9-28)32-22)27-11-26-17-20(23)24-10-25-21(17)27/h6-8,10-11,15-16,18-19,28-29H,3-5,9H2,1-2H3,(H2,23,24,25)/t15?,16-,18-,19-,22-/m1/s1. The van der Waals surface area contributed by atoms with Gasteiger partial charge in [-0.15, -0.1) is 0 Å². The van der Waals surface area contributed by atoms with Crippen LogP contribution in [-0.4, -0.2) is 68.9 Å². The Bertz CT molecular complexity index is 1140. The highest BCUT2D eigenvalue weighted by Gasteiger charge is 2.61. The minimum atomic E-state index is -1.21. The van der Waals surface area contributed by atoms with E-state index in [-0.39, 0.29) is 18.3 Å². The van der Waals surface area contributed by atoms with E-state index >= 15 is 0 Å². The molecule has 1 saturated heterocycles. The summed E-state index contributed by atoms with van der Waals surface area (Å²) in [5, 5.41) is 21.0. The summed E-state index contributed by atoms with van der Waals surface area (Å²) >= 11 is 0. The molecule has 3 heterocycles. The third kappa shape index (κ3) is 2.91. The number of aliphatic hydroxyl groups is 2. The van der Waals surface area contributed by atoms with Gasteiger partial charge in [0.05, 0.1) is 20.0 Å². The van der Waals surface area contributed by atoms with Crippen LogP contribution in [-0.2, 0) is 21.6 Å². The molecule has 3 aromatic rings. The van der Waals surface area contributed by atoms with E-state index in [2.05, 4.69) is 15.0 Å². The van der Waals surface area contributed by atoms with Gasteiger partial charge >= 0.3 is 0 Å². The number of fused-ring (bicyclic) bond motifs is 2. The summed E-state index contributed by atoms with van der Waals surface area (Å²) < 4.78 is 19.6. The van der Waals surface area contributed by atoms with Gasteiger partial charge in [-0.2, -0.15) is 0 Å². The third-order valence-corrected chi connectivity index (χ3v) is 6.77. The van der Waals surface area contributed by atoms with E-state index in [1.54, 1.807) is 18.0 Å². The first-order chi connectivity index (χ1) is 15.5. The van der Waals surface area contributed by atoms with Gasteiger partial charge in [-0.3, -0.25) is 4.57 Å². The fourth-order valence-corrected chi connectivity index (χ4v) is 5.37. The van der Waals surface area contributed by atoms with Gasteiger partial charge < -0.3 is 30.2 Å². The van der Waals surface area contributed by atoms with Crippen LogP contribution in [0.25, 0.3) is 11.2 Å². The number of hydrogen-bond donors (Lipinski definition) is 3. The second-order valence-corrected chi connectivity index (χ2v) is 8.29. The number of aromatic nitrogens is 4. The molecule has 0 spiro atoms. The number of nitrogens with two attached hydrogens (primary N) is 1. The van der Waals surface area contributed by atoms with Crippen molar-refractivity contribution in [3.8, 4) is 5.75 Å². The van der Waals surface area contributed by atoms with Gasteiger partial charge in [-0.25, -0.2) is 15.0 Å². The number of ether oxygens (including phenoxy) is 3. The van der Waals surface area contributed by atoms with Crippen LogP contribution in [0.2, 0.25) is 0 Å². The van der Waals surface area contributed by atoms with Crippen LogP contribution in [0.3, 0.4) is 0 Å². The summed E-state index contributed by atoms with van der Waals surface area (Å²) in [4.78, 5) is 12.9. The summed E-state index contributed by atoms with van der Waals surface area (Å²) in [6.07, 6.45) is 2.91. The first-order valence-electron chi connectivity index (χ1n) is 10.7. The van der Waals surface area contributed by atoms with Crippen LogP contribution >= 0.6 is 0 Å². The molecular formula is C22H27N5O5. The summed E-state index contributed by atoms with van der Waals surface area (Å²) in [7, 11) is 3.18.